The fourth-order valence-electron chi connectivity index (χ4n) is 1.52. The van der Waals surface area contributed by atoms with Gasteiger partial charge >= 0.3 is 0 Å². The smallest absolute Gasteiger partial charge is 0.122 e. The first kappa shape index (κ1) is 14.7. The molecule has 0 fully saturated rings. The van der Waals surface area contributed by atoms with Crippen molar-refractivity contribution >= 4 is 0 Å². The second-order valence-corrected chi connectivity index (χ2v) is 4.33. The average Bonchev–Trinajstić information content (AvgIpc) is 2.32. The molecule has 0 bridgehead atoms. The number of nitrogens with zero attached hydrogens (tertiary/aromatic N) is 1. The highest BCUT2D eigenvalue weighted by atomic mass is 16.5. The number of hydrogen-bond donors (Lipinski definition) is 1. The molecular weight excluding hydrogens is 228 g/mol. The molecule has 1 heterocycles. The van der Waals surface area contributed by atoms with Gasteiger partial charge in [-0.25, -0.2) is 0 Å². The van der Waals surface area contributed by atoms with E-state index in [0.29, 0.717) is 19.8 Å². The maximum Gasteiger partial charge on any atom is 0.122 e. The van der Waals surface area contributed by atoms with Crippen molar-refractivity contribution in [1.29, 1.82) is 0 Å². The van der Waals surface area contributed by atoms with Gasteiger partial charge in [-0.3, -0.25) is 4.98 Å². The third kappa shape index (κ3) is 5.80. The summed E-state index contributed by atoms with van der Waals surface area (Å²) in [7, 11) is 1.66. The van der Waals surface area contributed by atoms with Crippen LogP contribution in [0.15, 0.2) is 24.3 Å². The third-order valence-electron chi connectivity index (χ3n) is 2.29. The molecule has 0 unspecified atom stereocenters. The van der Waals surface area contributed by atoms with Crippen LogP contribution >= 0.6 is 0 Å². The van der Waals surface area contributed by atoms with E-state index in [0.717, 1.165) is 29.3 Å². The van der Waals surface area contributed by atoms with Gasteiger partial charge in [-0.2, -0.15) is 0 Å². The summed E-state index contributed by atoms with van der Waals surface area (Å²) < 4.78 is 10.6. The molecule has 0 radical (unpaired) electrons. The Morgan fingerprint density at radius 2 is 2.22 bits per heavy atom. The number of rotatable bonds is 8. The molecule has 0 aliphatic carbocycles. The number of aryl methyl sites for hydroxylation is 1. The molecule has 0 saturated carbocycles. The molecular formula is C14H22N2O2. The van der Waals surface area contributed by atoms with E-state index in [2.05, 4.69) is 16.9 Å². The molecule has 0 saturated heterocycles. The van der Waals surface area contributed by atoms with Crippen LogP contribution in [0.5, 0.6) is 5.75 Å². The Balaban J connectivity index is 2.26. The van der Waals surface area contributed by atoms with Crippen molar-refractivity contribution in [2.24, 2.45) is 0 Å². The van der Waals surface area contributed by atoms with E-state index in [9.17, 15) is 0 Å². The lowest BCUT2D eigenvalue weighted by molar-refractivity contribution is 0.157. The van der Waals surface area contributed by atoms with Crippen molar-refractivity contribution in [3.8, 4) is 5.75 Å². The second kappa shape index (κ2) is 7.84. The summed E-state index contributed by atoms with van der Waals surface area (Å²) in [6.45, 7) is 10.5. The fourth-order valence-corrected chi connectivity index (χ4v) is 1.52. The van der Waals surface area contributed by atoms with Crippen molar-refractivity contribution in [3.63, 3.8) is 0 Å². The van der Waals surface area contributed by atoms with Gasteiger partial charge in [0.05, 0.1) is 26.0 Å². The van der Waals surface area contributed by atoms with Gasteiger partial charge in [0.1, 0.15) is 5.75 Å². The minimum absolute atomic E-state index is 0.623. The van der Waals surface area contributed by atoms with Crippen LogP contribution in [0.4, 0.5) is 0 Å². The summed E-state index contributed by atoms with van der Waals surface area (Å²) in [6.07, 6.45) is 0. The van der Waals surface area contributed by atoms with Gasteiger partial charge < -0.3 is 14.8 Å². The Kier molecular flexibility index (Phi) is 6.39. The van der Waals surface area contributed by atoms with E-state index >= 15 is 0 Å². The second-order valence-electron chi connectivity index (χ2n) is 4.33. The van der Waals surface area contributed by atoms with Crippen LogP contribution in [-0.4, -0.2) is 31.9 Å². The molecule has 0 atom stereocenters. The quantitative estimate of drug-likeness (QED) is 0.566. The van der Waals surface area contributed by atoms with Gasteiger partial charge in [-0.05, 0) is 13.8 Å². The predicted molar refractivity (Wildman–Crippen MR) is 72.9 cm³/mol. The number of hydrogen-bond acceptors (Lipinski definition) is 4. The van der Waals surface area contributed by atoms with E-state index in [1.807, 2.05) is 26.0 Å². The van der Waals surface area contributed by atoms with Crippen molar-refractivity contribution in [1.82, 2.24) is 10.3 Å². The maximum absolute atomic E-state index is 5.39. The van der Waals surface area contributed by atoms with Gasteiger partial charge in [0.2, 0.25) is 0 Å². The summed E-state index contributed by atoms with van der Waals surface area (Å²) in [4.78, 5) is 4.43. The summed E-state index contributed by atoms with van der Waals surface area (Å²) >= 11 is 0. The highest BCUT2D eigenvalue weighted by Gasteiger charge is 2.00. The summed E-state index contributed by atoms with van der Waals surface area (Å²) in [5, 5.41) is 3.28. The zero-order chi connectivity index (χ0) is 13.4. The average molecular weight is 250 g/mol. The fraction of sp³-hybridized carbons (Fsp3) is 0.500. The van der Waals surface area contributed by atoms with Crippen molar-refractivity contribution in [2.75, 3.05) is 26.9 Å². The maximum atomic E-state index is 5.39. The largest absolute Gasteiger partial charge is 0.497 e. The molecule has 4 heteroatoms. The molecule has 0 aliphatic heterocycles. The Morgan fingerprint density at radius 1 is 1.44 bits per heavy atom. The third-order valence-corrected chi connectivity index (χ3v) is 2.29. The van der Waals surface area contributed by atoms with E-state index in [-0.39, 0.29) is 0 Å². The number of aromatic nitrogens is 1. The van der Waals surface area contributed by atoms with Crippen LogP contribution in [0.1, 0.15) is 18.3 Å². The molecule has 1 rings (SSSR count). The molecule has 0 aromatic carbocycles. The Hall–Kier alpha value is -1.39. The molecule has 4 nitrogen and oxygen atoms in total. The first-order valence-electron chi connectivity index (χ1n) is 6.06. The number of methoxy groups -OCH3 is 1. The van der Waals surface area contributed by atoms with Crippen molar-refractivity contribution < 1.29 is 9.47 Å². The molecule has 1 aromatic rings. The van der Waals surface area contributed by atoms with Crippen LogP contribution in [-0.2, 0) is 11.3 Å². The highest BCUT2D eigenvalue weighted by molar-refractivity contribution is 5.26. The minimum Gasteiger partial charge on any atom is -0.497 e. The Labute approximate surface area is 109 Å². The lowest BCUT2D eigenvalue weighted by Gasteiger charge is -2.08. The molecule has 0 aliphatic rings. The topological polar surface area (TPSA) is 43.4 Å². The van der Waals surface area contributed by atoms with Gasteiger partial charge in [0.25, 0.3) is 0 Å². The minimum atomic E-state index is 0.623. The lowest BCUT2D eigenvalue weighted by Crippen LogP contribution is -2.20. The lowest BCUT2D eigenvalue weighted by atomic mass is 10.3. The Bertz CT molecular complexity index is 391. The van der Waals surface area contributed by atoms with Gasteiger partial charge in [-0.15, -0.1) is 0 Å². The number of ether oxygens (including phenoxy) is 2. The first-order valence-corrected chi connectivity index (χ1v) is 6.06. The molecule has 0 amide bonds. The van der Waals surface area contributed by atoms with E-state index in [1.54, 1.807) is 7.11 Å². The normalized spacial score (nSPS) is 10.4. The van der Waals surface area contributed by atoms with E-state index in [1.165, 1.54) is 0 Å². The van der Waals surface area contributed by atoms with Crippen LogP contribution in [0.3, 0.4) is 0 Å². The van der Waals surface area contributed by atoms with Gasteiger partial charge in [0.15, 0.2) is 0 Å². The number of pyridine rings is 1. The molecule has 0 spiro atoms. The van der Waals surface area contributed by atoms with Crippen LogP contribution in [0, 0.1) is 6.92 Å². The highest BCUT2D eigenvalue weighted by Crippen LogP contribution is 2.12. The SMILES string of the molecule is C=C(C)COCCNCc1cc(OC)cc(C)n1. The Morgan fingerprint density at radius 3 is 2.89 bits per heavy atom. The van der Waals surface area contributed by atoms with Crippen LogP contribution in [0.25, 0.3) is 0 Å². The zero-order valence-electron chi connectivity index (χ0n) is 11.5. The molecule has 1 aromatic heterocycles. The van der Waals surface area contributed by atoms with Crippen molar-refractivity contribution in [2.45, 2.75) is 20.4 Å². The molecule has 100 valence electrons. The van der Waals surface area contributed by atoms with Gasteiger partial charge in [-0.1, -0.05) is 12.2 Å². The van der Waals surface area contributed by atoms with Gasteiger partial charge in [0, 0.05) is 30.9 Å². The monoisotopic (exact) mass is 250 g/mol. The van der Waals surface area contributed by atoms with Crippen LogP contribution in [0.2, 0.25) is 0 Å². The number of nitrogens with one attached hydrogen (secondary N) is 1. The summed E-state index contributed by atoms with van der Waals surface area (Å²) in [5.41, 5.74) is 2.98. The van der Waals surface area contributed by atoms with Crippen molar-refractivity contribution in [3.05, 3.63) is 35.7 Å². The molecule has 1 N–H and O–H groups in total. The zero-order valence-corrected chi connectivity index (χ0v) is 11.5. The first-order chi connectivity index (χ1) is 8.61. The predicted octanol–water partition coefficient (Wildman–Crippen LogP) is 2.08. The summed E-state index contributed by atoms with van der Waals surface area (Å²) in [5.74, 6) is 0.845. The standard InChI is InChI=1S/C14H22N2O2/c1-11(2)10-18-6-5-15-9-13-8-14(17-4)7-12(3)16-13/h7-8,15H,1,5-6,9-10H2,2-4H3. The molecule has 18 heavy (non-hydrogen) atoms. The van der Waals surface area contributed by atoms with Crippen LogP contribution < -0.4 is 10.1 Å². The van der Waals surface area contributed by atoms with E-state index < -0.39 is 0 Å². The van der Waals surface area contributed by atoms with E-state index in [4.69, 9.17) is 9.47 Å². The summed E-state index contributed by atoms with van der Waals surface area (Å²) in [6, 6.07) is 3.86.